The molecular formula is C12H26N2S. The van der Waals surface area contributed by atoms with E-state index in [9.17, 15) is 0 Å². The molecule has 15 heavy (non-hydrogen) atoms. The van der Waals surface area contributed by atoms with Crippen molar-refractivity contribution in [1.82, 2.24) is 4.90 Å². The van der Waals surface area contributed by atoms with Gasteiger partial charge in [-0.15, -0.1) is 0 Å². The Labute approximate surface area is 99.0 Å². The van der Waals surface area contributed by atoms with Crippen LogP contribution in [0.5, 0.6) is 0 Å². The van der Waals surface area contributed by atoms with Crippen LogP contribution in [0.2, 0.25) is 0 Å². The molecule has 1 aliphatic heterocycles. The Morgan fingerprint density at radius 3 is 2.87 bits per heavy atom. The van der Waals surface area contributed by atoms with Gasteiger partial charge in [0, 0.05) is 11.8 Å². The van der Waals surface area contributed by atoms with Crippen molar-refractivity contribution in [3.05, 3.63) is 0 Å². The van der Waals surface area contributed by atoms with Crippen LogP contribution in [0.4, 0.5) is 0 Å². The zero-order valence-corrected chi connectivity index (χ0v) is 11.1. The topological polar surface area (TPSA) is 29.3 Å². The largest absolute Gasteiger partial charge is 0.330 e. The van der Waals surface area contributed by atoms with Gasteiger partial charge in [0.05, 0.1) is 0 Å². The van der Waals surface area contributed by atoms with Crippen molar-refractivity contribution in [2.45, 2.75) is 38.6 Å². The van der Waals surface area contributed by atoms with Gasteiger partial charge in [0.25, 0.3) is 0 Å². The van der Waals surface area contributed by atoms with Gasteiger partial charge in [0.1, 0.15) is 0 Å². The highest BCUT2D eigenvalue weighted by Crippen LogP contribution is 2.21. The summed E-state index contributed by atoms with van der Waals surface area (Å²) in [5, 5.41) is 0. The summed E-state index contributed by atoms with van der Waals surface area (Å²) in [7, 11) is 2.28. The fraction of sp³-hybridized carbons (Fsp3) is 1.00. The third-order valence-electron chi connectivity index (χ3n) is 3.40. The van der Waals surface area contributed by atoms with Crippen molar-refractivity contribution < 1.29 is 0 Å². The molecule has 1 heterocycles. The summed E-state index contributed by atoms with van der Waals surface area (Å²) >= 11 is 2.10. The highest BCUT2D eigenvalue weighted by molar-refractivity contribution is 7.99. The van der Waals surface area contributed by atoms with E-state index in [1.54, 1.807) is 0 Å². The van der Waals surface area contributed by atoms with Gasteiger partial charge in [-0.2, -0.15) is 11.8 Å². The van der Waals surface area contributed by atoms with Crippen molar-refractivity contribution in [3.63, 3.8) is 0 Å². The summed E-state index contributed by atoms with van der Waals surface area (Å²) in [6.45, 7) is 4.43. The molecule has 0 bridgehead atoms. The van der Waals surface area contributed by atoms with Crippen LogP contribution in [-0.4, -0.2) is 42.6 Å². The number of nitrogens with zero attached hydrogens (tertiary/aromatic N) is 1. The molecule has 1 aliphatic rings. The first kappa shape index (κ1) is 13.3. The maximum Gasteiger partial charge on any atom is 0.0191 e. The lowest BCUT2D eigenvalue weighted by molar-refractivity contribution is 0.251. The van der Waals surface area contributed by atoms with Crippen molar-refractivity contribution in [1.29, 1.82) is 0 Å². The summed E-state index contributed by atoms with van der Waals surface area (Å²) < 4.78 is 0. The van der Waals surface area contributed by atoms with E-state index in [1.807, 2.05) is 0 Å². The smallest absolute Gasteiger partial charge is 0.0191 e. The van der Waals surface area contributed by atoms with Gasteiger partial charge >= 0.3 is 0 Å². The molecule has 0 aromatic rings. The fourth-order valence-electron chi connectivity index (χ4n) is 2.17. The Kier molecular flexibility index (Phi) is 6.69. The molecule has 0 aromatic carbocycles. The van der Waals surface area contributed by atoms with Gasteiger partial charge in [0.15, 0.2) is 0 Å². The average molecular weight is 230 g/mol. The standard InChI is InChI=1S/C12H26N2S/c1-11(5-7-13)4-3-8-14(2)12-6-9-15-10-12/h11-12H,3-10,13H2,1-2H3. The first-order valence-electron chi connectivity index (χ1n) is 6.22. The van der Waals surface area contributed by atoms with Crippen molar-refractivity contribution in [2.24, 2.45) is 11.7 Å². The summed E-state index contributed by atoms with van der Waals surface area (Å²) in [6.07, 6.45) is 5.24. The second-order valence-electron chi connectivity index (χ2n) is 4.82. The van der Waals surface area contributed by atoms with Gasteiger partial charge in [-0.25, -0.2) is 0 Å². The molecule has 2 N–H and O–H groups in total. The number of hydrogen-bond donors (Lipinski definition) is 1. The second kappa shape index (κ2) is 7.53. The highest BCUT2D eigenvalue weighted by atomic mass is 32.2. The quantitative estimate of drug-likeness (QED) is 0.727. The average Bonchev–Trinajstić information content (AvgIpc) is 2.70. The Bertz CT molecular complexity index is 158. The fourth-order valence-corrected chi connectivity index (χ4v) is 3.47. The molecule has 90 valence electrons. The van der Waals surface area contributed by atoms with Crippen LogP contribution in [0.1, 0.15) is 32.6 Å². The summed E-state index contributed by atoms with van der Waals surface area (Å²) in [5.41, 5.74) is 5.55. The summed E-state index contributed by atoms with van der Waals surface area (Å²) in [6, 6.07) is 0.847. The predicted octanol–water partition coefficient (Wildman–Crippen LogP) is 2.19. The first-order valence-corrected chi connectivity index (χ1v) is 7.37. The molecule has 2 nitrogen and oxygen atoms in total. The molecule has 0 spiro atoms. The molecule has 2 atom stereocenters. The predicted molar refractivity (Wildman–Crippen MR) is 70.4 cm³/mol. The maximum absolute atomic E-state index is 5.55. The normalized spacial score (nSPS) is 23.6. The SMILES string of the molecule is CC(CCN)CCCN(C)C1CCSC1. The molecule has 1 saturated heterocycles. The molecule has 0 saturated carbocycles. The van der Waals surface area contributed by atoms with Crippen LogP contribution in [0.15, 0.2) is 0 Å². The van der Waals surface area contributed by atoms with Crippen molar-refractivity contribution >= 4 is 11.8 Å². The van der Waals surface area contributed by atoms with Crippen molar-refractivity contribution in [3.8, 4) is 0 Å². The van der Waals surface area contributed by atoms with E-state index in [1.165, 1.54) is 43.7 Å². The lowest BCUT2D eigenvalue weighted by atomic mass is 10.0. The van der Waals surface area contributed by atoms with E-state index in [4.69, 9.17) is 5.73 Å². The first-order chi connectivity index (χ1) is 7.24. The third kappa shape index (κ3) is 5.23. The molecule has 2 unspecified atom stereocenters. The Hall–Kier alpha value is 0.270. The molecular weight excluding hydrogens is 204 g/mol. The van der Waals surface area contributed by atoms with E-state index in [0.717, 1.165) is 18.5 Å². The molecule has 1 fully saturated rings. The molecule has 0 amide bonds. The van der Waals surface area contributed by atoms with E-state index < -0.39 is 0 Å². The number of hydrogen-bond acceptors (Lipinski definition) is 3. The zero-order valence-electron chi connectivity index (χ0n) is 10.2. The number of thioether (sulfide) groups is 1. The Morgan fingerprint density at radius 2 is 2.27 bits per heavy atom. The van der Waals surface area contributed by atoms with Crippen LogP contribution in [0.3, 0.4) is 0 Å². The highest BCUT2D eigenvalue weighted by Gasteiger charge is 2.19. The van der Waals surface area contributed by atoms with Gasteiger partial charge in [-0.3, -0.25) is 0 Å². The molecule has 0 aliphatic carbocycles. The van der Waals surface area contributed by atoms with E-state index in [-0.39, 0.29) is 0 Å². The number of nitrogens with two attached hydrogens (primary N) is 1. The van der Waals surface area contributed by atoms with Gasteiger partial charge in [-0.05, 0) is 57.5 Å². The van der Waals surface area contributed by atoms with Gasteiger partial charge in [0.2, 0.25) is 0 Å². The van der Waals surface area contributed by atoms with Crippen LogP contribution in [0, 0.1) is 5.92 Å². The van der Waals surface area contributed by atoms with E-state index in [0.29, 0.717) is 0 Å². The summed E-state index contributed by atoms with van der Waals surface area (Å²) in [4.78, 5) is 2.55. The van der Waals surface area contributed by atoms with Gasteiger partial charge < -0.3 is 10.6 Å². The lowest BCUT2D eigenvalue weighted by Crippen LogP contribution is -2.32. The van der Waals surface area contributed by atoms with Crippen LogP contribution in [0.25, 0.3) is 0 Å². The molecule has 0 radical (unpaired) electrons. The Morgan fingerprint density at radius 1 is 1.47 bits per heavy atom. The Balaban J connectivity index is 2.03. The van der Waals surface area contributed by atoms with Gasteiger partial charge in [-0.1, -0.05) is 6.92 Å². The zero-order chi connectivity index (χ0) is 11.1. The van der Waals surface area contributed by atoms with Crippen LogP contribution >= 0.6 is 11.8 Å². The number of rotatable bonds is 7. The third-order valence-corrected chi connectivity index (χ3v) is 4.54. The molecule has 1 rings (SSSR count). The minimum absolute atomic E-state index is 0.807. The second-order valence-corrected chi connectivity index (χ2v) is 5.97. The maximum atomic E-state index is 5.55. The molecule has 0 aromatic heterocycles. The van der Waals surface area contributed by atoms with E-state index in [2.05, 4.69) is 30.6 Å². The molecule has 3 heteroatoms. The van der Waals surface area contributed by atoms with Crippen LogP contribution in [-0.2, 0) is 0 Å². The minimum atomic E-state index is 0.807. The minimum Gasteiger partial charge on any atom is -0.330 e. The lowest BCUT2D eigenvalue weighted by Gasteiger charge is -2.23. The monoisotopic (exact) mass is 230 g/mol. The summed E-state index contributed by atoms with van der Waals surface area (Å²) in [5.74, 6) is 3.51. The van der Waals surface area contributed by atoms with Crippen LogP contribution < -0.4 is 5.73 Å². The van der Waals surface area contributed by atoms with E-state index >= 15 is 0 Å². The van der Waals surface area contributed by atoms with Crippen molar-refractivity contribution in [2.75, 3.05) is 31.6 Å².